The molecular formula is C26H20F6N8O2. The number of carbonyl (C=O) groups excluding carboxylic acids is 1. The van der Waals surface area contributed by atoms with Crippen molar-refractivity contribution in [3.63, 3.8) is 0 Å². The van der Waals surface area contributed by atoms with Crippen molar-refractivity contribution in [3.05, 3.63) is 71.3 Å². The second-order valence-corrected chi connectivity index (χ2v) is 10.1. The van der Waals surface area contributed by atoms with E-state index in [4.69, 9.17) is 10.2 Å². The van der Waals surface area contributed by atoms with E-state index in [0.717, 1.165) is 21.8 Å². The SMILES string of the molecule is CC(C)(C#N)c1nnc(-c2cc3c(cc2F)C(F)(F)C[C@H](N)C(=O)N3Cc2ccc(-n3cc(C(F)(F)F)cn3)nc2)o1. The average Bonchev–Trinajstić information content (AvgIpc) is 3.61. The molecule has 0 saturated carbocycles. The molecule has 16 heteroatoms. The van der Waals surface area contributed by atoms with Crippen LogP contribution in [0.5, 0.6) is 0 Å². The Balaban J connectivity index is 1.54. The Bertz CT molecular complexity index is 1700. The van der Waals surface area contributed by atoms with Gasteiger partial charge >= 0.3 is 6.18 Å². The normalized spacial score (nSPS) is 17.1. The topological polar surface area (TPSA) is 140 Å². The number of rotatable bonds is 5. The van der Waals surface area contributed by atoms with Gasteiger partial charge in [0.1, 0.15) is 11.2 Å². The second kappa shape index (κ2) is 9.94. The van der Waals surface area contributed by atoms with Gasteiger partial charge in [0.15, 0.2) is 5.82 Å². The van der Waals surface area contributed by atoms with Crippen molar-refractivity contribution >= 4 is 11.6 Å². The van der Waals surface area contributed by atoms with Crippen LogP contribution in [-0.4, -0.2) is 36.9 Å². The largest absolute Gasteiger partial charge is 0.419 e. The molecule has 0 radical (unpaired) electrons. The summed E-state index contributed by atoms with van der Waals surface area (Å²) in [6, 6.07) is 4.58. The van der Waals surface area contributed by atoms with Crippen LogP contribution in [-0.2, 0) is 28.9 Å². The third kappa shape index (κ3) is 5.18. The first-order valence-electron chi connectivity index (χ1n) is 12.2. The lowest BCUT2D eigenvalue weighted by Crippen LogP contribution is -2.43. The van der Waals surface area contributed by atoms with Crippen LogP contribution in [0.1, 0.15) is 42.8 Å². The highest BCUT2D eigenvalue weighted by molar-refractivity contribution is 5.99. The molecular weight excluding hydrogens is 570 g/mol. The smallest absolute Gasteiger partial charge is 0.419 e. The fraction of sp³-hybridized carbons (Fsp3) is 0.308. The molecule has 42 heavy (non-hydrogen) atoms. The zero-order valence-corrected chi connectivity index (χ0v) is 21.8. The monoisotopic (exact) mass is 590 g/mol. The Morgan fingerprint density at radius 1 is 1.19 bits per heavy atom. The van der Waals surface area contributed by atoms with Gasteiger partial charge in [0.25, 0.3) is 11.8 Å². The van der Waals surface area contributed by atoms with Gasteiger partial charge in [-0.15, -0.1) is 10.2 Å². The summed E-state index contributed by atoms with van der Waals surface area (Å²) in [6.45, 7) is 2.62. The van der Waals surface area contributed by atoms with Crippen molar-refractivity contribution in [1.82, 2.24) is 25.0 Å². The van der Waals surface area contributed by atoms with E-state index in [1.165, 1.54) is 32.2 Å². The molecule has 2 N–H and O–H groups in total. The number of halogens is 6. The van der Waals surface area contributed by atoms with Gasteiger partial charge in [0, 0.05) is 24.4 Å². The van der Waals surface area contributed by atoms with Gasteiger partial charge in [-0.1, -0.05) is 6.07 Å². The van der Waals surface area contributed by atoms with Crippen LogP contribution in [0.15, 0.2) is 47.3 Å². The highest BCUT2D eigenvalue weighted by Gasteiger charge is 2.45. The van der Waals surface area contributed by atoms with E-state index in [-0.39, 0.29) is 23.9 Å². The average molecular weight is 590 g/mol. The predicted molar refractivity (Wildman–Crippen MR) is 132 cm³/mol. The first-order valence-corrected chi connectivity index (χ1v) is 12.2. The van der Waals surface area contributed by atoms with Crippen molar-refractivity contribution in [2.45, 2.75) is 50.4 Å². The first kappa shape index (κ1) is 28.7. The summed E-state index contributed by atoms with van der Waals surface area (Å²) in [5.41, 5.74) is 2.33. The molecule has 0 fully saturated rings. The number of hydrogen-bond acceptors (Lipinski definition) is 8. The third-order valence-corrected chi connectivity index (χ3v) is 6.59. The van der Waals surface area contributed by atoms with Gasteiger partial charge in [0.05, 0.1) is 41.7 Å². The number of hydrogen-bond donors (Lipinski definition) is 1. The quantitative estimate of drug-likeness (QED) is 0.332. The lowest BCUT2D eigenvalue weighted by Gasteiger charge is -2.25. The Kier molecular flexibility index (Phi) is 6.80. The Hall–Kier alpha value is -4.78. The maximum Gasteiger partial charge on any atom is 0.419 e. The van der Waals surface area contributed by atoms with E-state index in [9.17, 15) is 23.2 Å². The van der Waals surface area contributed by atoms with Crippen molar-refractivity contribution in [2.24, 2.45) is 5.73 Å². The number of nitrogens with two attached hydrogens (primary N) is 1. The molecule has 1 aliphatic rings. The van der Waals surface area contributed by atoms with Gasteiger partial charge in [-0.25, -0.2) is 22.8 Å². The summed E-state index contributed by atoms with van der Waals surface area (Å²) in [6.07, 6.45) is -3.09. The van der Waals surface area contributed by atoms with Crippen molar-refractivity contribution < 1.29 is 35.6 Å². The Morgan fingerprint density at radius 3 is 2.55 bits per heavy atom. The summed E-state index contributed by atoms with van der Waals surface area (Å²) in [5.74, 6) is -6.24. The summed E-state index contributed by atoms with van der Waals surface area (Å²) < 4.78 is 90.8. The summed E-state index contributed by atoms with van der Waals surface area (Å²) in [5, 5.41) is 20.5. The fourth-order valence-corrected chi connectivity index (χ4v) is 4.25. The lowest BCUT2D eigenvalue weighted by molar-refractivity contribution is -0.137. The summed E-state index contributed by atoms with van der Waals surface area (Å²) in [4.78, 5) is 18.2. The Labute approximate surface area is 233 Å². The molecule has 4 heterocycles. The maximum absolute atomic E-state index is 15.2. The molecule has 10 nitrogen and oxygen atoms in total. The van der Waals surface area contributed by atoms with Crippen molar-refractivity contribution in [2.75, 3.05) is 4.90 Å². The number of alkyl halides is 5. The minimum Gasteiger partial charge on any atom is -0.419 e. The van der Waals surface area contributed by atoms with E-state index in [2.05, 4.69) is 20.3 Å². The molecule has 3 aromatic heterocycles. The molecule has 218 valence electrons. The van der Waals surface area contributed by atoms with Gasteiger partial charge < -0.3 is 15.1 Å². The molecule has 1 aromatic carbocycles. The second-order valence-electron chi connectivity index (χ2n) is 10.1. The Morgan fingerprint density at radius 2 is 1.93 bits per heavy atom. The number of aromatic nitrogens is 5. The zero-order chi connectivity index (χ0) is 30.6. The molecule has 5 rings (SSSR count). The van der Waals surface area contributed by atoms with Gasteiger partial charge in [-0.2, -0.15) is 23.5 Å². The molecule has 0 unspecified atom stereocenters. The molecule has 4 aromatic rings. The minimum atomic E-state index is -4.60. The number of amides is 1. The molecule has 1 aliphatic heterocycles. The zero-order valence-electron chi connectivity index (χ0n) is 21.8. The molecule has 0 spiro atoms. The fourth-order valence-electron chi connectivity index (χ4n) is 4.25. The number of anilines is 1. The summed E-state index contributed by atoms with van der Waals surface area (Å²) in [7, 11) is 0. The number of fused-ring (bicyclic) bond motifs is 1. The molecule has 0 bridgehead atoms. The van der Waals surface area contributed by atoms with E-state index in [1.54, 1.807) is 0 Å². The van der Waals surface area contributed by atoms with Gasteiger partial charge in [-0.05, 0) is 37.6 Å². The summed E-state index contributed by atoms with van der Waals surface area (Å²) >= 11 is 0. The van der Waals surface area contributed by atoms with Crippen LogP contribution in [0.3, 0.4) is 0 Å². The van der Waals surface area contributed by atoms with Gasteiger partial charge in [0.2, 0.25) is 11.8 Å². The molecule has 0 aliphatic carbocycles. The van der Waals surface area contributed by atoms with E-state index >= 15 is 13.2 Å². The van der Waals surface area contributed by atoms with Crippen molar-refractivity contribution in [1.29, 1.82) is 5.26 Å². The molecule has 0 saturated heterocycles. The van der Waals surface area contributed by atoms with Crippen LogP contribution in [0.25, 0.3) is 17.3 Å². The molecule has 1 amide bonds. The van der Waals surface area contributed by atoms with E-state index < -0.39 is 64.3 Å². The number of nitriles is 1. The lowest BCUT2D eigenvalue weighted by atomic mass is 9.96. The van der Waals surface area contributed by atoms with Gasteiger partial charge in [-0.3, -0.25) is 4.79 Å². The number of nitrogens with zero attached hydrogens (tertiary/aromatic N) is 7. The van der Waals surface area contributed by atoms with Crippen LogP contribution in [0.4, 0.5) is 32.0 Å². The van der Waals surface area contributed by atoms with E-state index in [0.29, 0.717) is 17.8 Å². The predicted octanol–water partition coefficient (Wildman–Crippen LogP) is 4.63. The van der Waals surface area contributed by atoms with Crippen LogP contribution in [0.2, 0.25) is 0 Å². The van der Waals surface area contributed by atoms with Crippen LogP contribution >= 0.6 is 0 Å². The molecule has 1 atom stereocenters. The highest BCUT2D eigenvalue weighted by atomic mass is 19.4. The van der Waals surface area contributed by atoms with Crippen LogP contribution in [0, 0.1) is 17.1 Å². The number of benzene rings is 1. The number of pyridine rings is 1. The van der Waals surface area contributed by atoms with Crippen molar-refractivity contribution in [3.8, 4) is 23.3 Å². The number of carbonyl (C=O) groups is 1. The third-order valence-electron chi connectivity index (χ3n) is 6.59. The highest BCUT2D eigenvalue weighted by Crippen LogP contribution is 2.45. The standard InChI is InChI=1S/C26H20F6N8O2/c1-24(2,12-33)23-38-37-21(42-23)15-5-19-16(6-17(15)27)25(28,29)7-18(34)22(41)39(19)10-13-3-4-20(35-8-13)40-11-14(9-36-40)26(30,31)32/h3-6,8-9,11,18H,7,10,34H2,1-2H3/t18-/m0/s1. The minimum absolute atomic E-state index is 0.0249. The van der Waals surface area contributed by atoms with Crippen LogP contribution < -0.4 is 10.6 Å². The first-order chi connectivity index (χ1) is 19.6. The maximum atomic E-state index is 15.2. The van der Waals surface area contributed by atoms with E-state index in [1.807, 2.05) is 6.07 Å².